The number of nitrogens with one attached hydrogen (secondary N) is 1. The molecule has 0 aliphatic heterocycles. The molecule has 1 aliphatic rings. The fourth-order valence-electron chi connectivity index (χ4n) is 3.60. The Balaban J connectivity index is 1.79. The molecule has 118 valence electrons. The zero-order valence-corrected chi connectivity index (χ0v) is 13.7. The molecule has 0 saturated heterocycles. The van der Waals surface area contributed by atoms with E-state index in [4.69, 9.17) is 0 Å². The fraction of sp³-hybridized carbons (Fsp3) is 0.684. The lowest BCUT2D eigenvalue weighted by Crippen LogP contribution is -2.37. The van der Waals surface area contributed by atoms with Crippen molar-refractivity contribution in [2.45, 2.75) is 71.4 Å². The molecule has 3 unspecified atom stereocenters. The topological polar surface area (TPSA) is 12.0 Å². The van der Waals surface area contributed by atoms with Crippen LogP contribution >= 0.6 is 0 Å². The van der Waals surface area contributed by atoms with Crippen LogP contribution in [0.5, 0.6) is 0 Å². The van der Waals surface area contributed by atoms with Crippen molar-refractivity contribution in [3.63, 3.8) is 0 Å². The van der Waals surface area contributed by atoms with Crippen LogP contribution in [0, 0.1) is 17.7 Å². The molecule has 0 spiro atoms. The molecule has 2 heteroatoms. The van der Waals surface area contributed by atoms with Crippen molar-refractivity contribution in [3.8, 4) is 0 Å². The molecule has 1 aromatic carbocycles. The van der Waals surface area contributed by atoms with Gasteiger partial charge >= 0.3 is 0 Å². The van der Waals surface area contributed by atoms with Gasteiger partial charge in [0, 0.05) is 12.1 Å². The summed E-state index contributed by atoms with van der Waals surface area (Å²) < 4.78 is 12.9. The standard InChI is InChI=1S/C19H30FN/c1-14(2)17-5-4-6-19(12-9-17)21-15(3)13-16-7-10-18(20)11-8-16/h7-8,10-11,14-15,17,19,21H,4-6,9,12-13H2,1-3H3. The van der Waals surface area contributed by atoms with Crippen LogP contribution in [0.1, 0.15) is 58.4 Å². The van der Waals surface area contributed by atoms with Crippen LogP contribution in [0.15, 0.2) is 24.3 Å². The van der Waals surface area contributed by atoms with Gasteiger partial charge in [0.05, 0.1) is 0 Å². The SMILES string of the molecule is CC(Cc1ccc(F)cc1)NC1CCCC(C(C)C)CC1. The van der Waals surface area contributed by atoms with E-state index < -0.39 is 0 Å². The van der Waals surface area contributed by atoms with Gasteiger partial charge in [-0.2, -0.15) is 0 Å². The van der Waals surface area contributed by atoms with E-state index in [1.54, 1.807) is 12.1 Å². The molecule has 0 radical (unpaired) electrons. The summed E-state index contributed by atoms with van der Waals surface area (Å²) in [4.78, 5) is 0. The summed E-state index contributed by atoms with van der Waals surface area (Å²) in [5.74, 6) is 1.58. The predicted molar refractivity (Wildman–Crippen MR) is 87.9 cm³/mol. The Hall–Kier alpha value is -0.890. The third-order valence-electron chi connectivity index (χ3n) is 4.93. The monoisotopic (exact) mass is 291 g/mol. The highest BCUT2D eigenvalue weighted by atomic mass is 19.1. The quantitative estimate of drug-likeness (QED) is 0.757. The smallest absolute Gasteiger partial charge is 0.123 e. The summed E-state index contributed by atoms with van der Waals surface area (Å²) >= 11 is 0. The molecular formula is C19H30FN. The lowest BCUT2D eigenvalue weighted by Gasteiger charge is -2.23. The zero-order valence-electron chi connectivity index (χ0n) is 13.7. The molecule has 1 N–H and O–H groups in total. The highest BCUT2D eigenvalue weighted by molar-refractivity contribution is 5.17. The molecule has 2 rings (SSSR count). The lowest BCUT2D eigenvalue weighted by atomic mass is 9.89. The molecule has 1 saturated carbocycles. The normalized spacial score (nSPS) is 24.8. The molecule has 1 aromatic rings. The number of halogens is 1. The van der Waals surface area contributed by atoms with Gasteiger partial charge in [0.1, 0.15) is 5.82 Å². The highest BCUT2D eigenvalue weighted by Crippen LogP contribution is 2.29. The third kappa shape index (κ3) is 5.43. The van der Waals surface area contributed by atoms with E-state index in [-0.39, 0.29) is 5.82 Å². The maximum atomic E-state index is 12.9. The Morgan fingerprint density at radius 2 is 1.76 bits per heavy atom. The van der Waals surface area contributed by atoms with Crippen molar-refractivity contribution in [2.75, 3.05) is 0 Å². The number of hydrogen-bond donors (Lipinski definition) is 1. The van der Waals surface area contributed by atoms with Gasteiger partial charge in [0.15, 0.2) is 0 Å². The predicted octanol–water partition coefficient (Wildman–Crippen LogP) is 4.95. The van der Waals surface area contributed by atoms with Gasteiger partial charge in [-0.15, -0.1) is 0 Å². The van der Waals surface area contributed by atoms with E-state index in [1.807, 2.05) is 12.1 Å². The van der Waals surface area contributed by atoms with E-state index in [9.17, 15) is 4.39 Å². The van der Waals surface area contributed by atoms with Gasteiger partial charge in [-0.1, -0.05) is 38.8 Å². The second kappa shape index (κ2) is 7.93. The number of rotatable bonds is 5. The fourth-order valence-corrected chi connectivity index (χ4v) is 3.60. The Bertz CT molecular complexity index is 412. The van der Waals surface area contributed by atoms with Crippen LogP contribution in [0.25, 0.3) is 0 Å². The minimum absolute atomic E-state index is 0.150. The van der Waals surface area contributed by atoms with E-state index in [0.29, 0.717) is 12.1 Å². The van der Waals surface area contributed by atoms with Crippen molar-refractivity contribution >= 4 is 0 Å². The average molecular weight is 291 g/mol. The first-order chi connectivity index (χ1) is 10.0. The van der Waals surface area contributed by atoms with Crippen molar-refractivity contribution in [1.82, 2.24) is 5.32 Å². The number of benzene rings is 1. The second-order valence-electron chi connectivity index (χ2n) is 7.11. The van der Waals surface area contributed by atoms with Crippen molar-refractivity contribution in [2.24, 2.45) is 11.8 Å². The molecule has 3 atom stereocenters. The molecule has 1 fully saturated rings. The van der Waals surface area contributed by atoms with Gasteiger partial charge in [0.2, 0.25) is 0 Å². The van der Waals surface area contributed by atoms with E-state index >= 15 is 0 Å². The maximum Gasteiger partial charge on any atom is 0.123 e. The van der Waals surface area contributed by atoms with E-state index in [2.05, 4.69) is 26.1 Å². The minimum Gasteiger partial charge on any atom is -0.311 e. The third-order valence-corrected chi connectivity index (χ3v) is 4.93. The lowest BCUT2D eigenvalue weighted by molar-refractivity contribution is 0.334. The summed E-state index contributed by atoms with van der Waals surface area (Å²) in [5, 5.41) is 3.79. The van der Waals surface area contributed by atoms with Gasteiger partial charge in [-0.25, -0.2) is 4.39 Å². The molecule has 21 heavy (non-hydrogen) atoms. The first-order valence-corrected chi connectivity index (χ1v) is 8.55. The average Bonchev–Trinajstić information content (AvgIpc) is 2.67. The highest BCUT2D eigenvalue weighted by Gasteiger charge is 2.21. The van der Waals surface area contributed by atoms with Crippen LogP contribution in [0.4, 0.5) is 4.39 Å². The zero-order chi connectivity index (χ0) is 15.2. The van der Waals surface area contributed by atoms with Crippen LogP contribution in [0.3, 0.4) is 0 Å². The first-order valence-electron chi connectivity index (χ1n) is 8.55. The molecule has 0 bridgehead atoms. The summed E-state index contributed by atoms with van der Waals surface area (Å²) in [6.45, 7) is 6.96. The molecule has 1 aliphatic carbocycles. The van der Waals surface area contributed by atoms with Gasteiger partial charge in [0.25, 0.3) is 0 Å². The Kier molecular flexibility index (Phi) is 6.22. The van der Waals surface area contributed by atoms with Crippen molar-refractivity contribution < 1.29 is 4.39 Å². The van der Waals surface area contributed by atoms with Crippen LogP contribution in [0.2, 0.25) is 0 Å². The van der Waals surface area contributed by atoms with Gasteiger partial charge in [-0.05, 0) is 62.1 Å². The molecule has 0 amide bonds. The van der Waals surface area contributed by atoms with Crippen LogP contribution in [-0.2, 0) is 6.42 Å². The van der Waals surface area contributed by atoms with Crippen molar-refractivity contribution in [3.05, 3.63) is 35.6 Å². The summed E-state index contributed by atoms with van der Waals surface area (Å²) in [7, 11) is 0. The Labute approximate surface area is 129 Å². The van der Waals surface area contributed by atoms with Crippen molar-refractivity contribution in [1.29, 1.82) is 0 Å². The minimum atomic E-state index is -0.150. The Morgan fingerprint density at radius 3 is 2.43 bits per heavy atom. The molecule has 1 nitrogen and oxygen atoms in total. The summed E-state index contributed by atoms with van der Waals surface area (Å²) in [6.07, 6.45) is 7.68. The van der Waals surface area contributed by atoms with E-state index in [1.165, 1.54) is 37.7 Å². The van der Waals surface area contributed by atoms with E-state index in [0.717, 1.165) is 18.3 Å². The molecular weight excluding hydrogens is 261 g/mol. The molecule has 0 heterocycles. The Morgan fingerprint density at radius 1 is 1.05 bits per heavy atom. The maximum absolute atomic E-state index is 12.9. The number of hydrogen-bond acceptors (Lipinski definition) is 1. The van der Waals surface area contributed by atoms with Gasteiger partial charge in [-0.3, -0.25) is 0 Å². The molecule has 0 aromatic heterocycles. The van der Waals surface area contributed by atoms with Crippen LogP contribution < -0.4 is 5.32 Å². The van der Waals surface area contributed by atoms with Gasteiger partial charge < -0.3 is 5.32 Å². The summed E-state index contributed by atoms with van der Waals surface area (Å²) in [5.41, 5.74) is 1.21. The largest absolute Gasteiger partial charge is 0.311 e. The summed E-state index contributed by atoms with van der Waals surface area (Å²) in [6, 6.07) is 8.02. The van der Waals surface area contributed by atoms with Crippen LogP contribution in [-0.4, -0.2) is 12.1 Å². The second-order valence-corrected chi connectivity index (χ2v) is 7.11. The first kappa shape index (κ1) is 16.5.